The molecule has 0 fully saturated rings. The van der Waals surface area contributed by atoms with E-state index >= 15 is 0 Å². The minimum absolute atomic E-state index is 0.0780. The number of nitrogen functional groups attached to an aromatic ring is 1. The van der Waals surface area contributed by atoms with Crippen LogP contribution in [0.25, 0.3) is 0 Å². The molecule has 0 aliphatic rings. The summed E-state index contributed by atoms with van der Waals surface area (Å²) in [6.45, 7) is 0. The monoisotopic (exact) mass is 270 g/mol. The van der Waals surface area contributed by atoms with Crippen LogP contribution in [0.4, 0.5) is 14.5 Å². The molecule has 2 nitrogen and oxygen atoms in total. The number of aromatic nitrogens is 1. The highest BCUT2D eigenvalue weighted by Crippen LogP contribution is 2.31. The molecule has 1 aromatic rings. The largest absolute Gasteiger partial charge is 0.397 e. The zero-order chi connectivity index (χ0) is 10.0. The molecule has 0 aliphatic carbocycles. The van der Waals surface area contributed by atoms with Gasteiger partial charge in [0.25, 0.3) is 6.43 Å². The summed E-state index contributed by atoms with van der Waals surface area (Å²) in [4.78, 5) is 3.51. The van der Waals surface area contributed by atoms with Gasteiger partial charge in [0.05, 0.1) is 22.2 Å². The summed E-state index contributed by atoms with van der Waals surface area (Å²) < 4.78 is 24.8. The minimum Gasteiger partial charge on any atom is -0.397 e. The second-order valence-corrected chi connectivity index (χ2v) is 3.39. The third kappa shape index (κ3) is 2.08. The van der Waals surface area contributed by atoms with Gasteiger partial charge in [-0.2, -0.15) is 0 Å². The summed E-state index contributed by atoms with van der Waals surface area (Å²) >= 11 is 8.52. The maximum Gasteiger partial charge on any atom is 0.281 e. The average molecular weight is 271 g/mol. The molecule has 1 aromatic heterocycles. The Labute approximate surface area is 87.2 Å². The lowest BCUT2D eigenvalue weighted by molar-refractivity contribution is 0.145. The average Bonchev–Trinajstić information content (AvgIpc) is 2.04. The number of pyridine rings is 1. The molecule has 0 radical (unpaired) electrons. The van der Waals surface area contributed by atoms with E-state index < -0.39 is 6.43 Å². The molecule has 6 heteroatoms. The van der Waals surface area contributed by atoms with E-state index in [1.807, 2.05) is 0 Å². The van der Waals surface area contributed by atoms with E-state index in [2.05, 4.69) is 20.9 Å². The van der Waals surface area contributed by atoms with Gasteiger partial charge in [-0.05, 0) is 15.9 Å². The summed E-state index contributed by atoms with van der Waals surface area (Å²) in [5, 5.41) is 0. The predicted molar refractivity (Wildman–Crippen MR) is 50.9 cm³/mol. The van der Waals surface area contributed by atoms with Crippen molar-refractivity contribution in [3.63, 3.8) is 0 Å². The lowest BCUT2D eigenvalue weighted by atomic mass is 10.2. The molecule has 0 unspecified atom stereocenters. The predicted octanol–water partition coefficient (Wildman–Crippen LogP) is 3.10. The smallest absolute Gasteiger partial charge is 0.281 e. The number of nitrogens with two attached hydrogens (primary N) is 1. The second kappa shape index (κ2) is 4.19. The maximum atomic E-state index is 12.3. The Morgan fingerprint density at radius 2 is 2.23 bits per heavy atom. The molecule has 0 amide bonds. The van der Waals surface area contributed by atoms with Gasteiger partial charge in [-0.25, -0.2) is 8.78 Å². The highest BCUT2D eigenvalue weighted by Gasteiger charge is 2.17. The Hall–Kier alpha value is -0.420. The lowest BCUT2D eigenvalue weighted by Crippen LogP contribution is -2.00. The van der Waals surface area contributed by atoms with Crippen LogP contribution in [-0.2, 0) is 5.88 Å². The molecule has 1 heterocycles. The fourth-order valence-electron chi connectivity index (χ4n) is 0.843. The van der Waals surface area contributed by atoms with Crippen LogP contribution >= 0.6 is 27.5 Å². The number of hydrogen-bond donors (Lipinski definition) is 1. The van der Waals surface area contributed by atoms with Crippen molar-refractivity contribution < 1.29 is 8.78 Å². The zero-order valence-corrected chi connectivity index (χ0v) is 8.74. The molecule has 0 atom stereocenters. The van der Waals surface area contributed by atoms with Crippen molar-refractivity contribution in [2.45, 2.75) is 12.3 Å². The van der Waals surface area contributed by atoms with Crippen LogP contribution in [0.15, 0.2) is 10.7 Å². The first kappa shape index (κ1) is 10.7. The number of rotatable bonds is 2. The van der Waals surface area contributed by atoms with E-state index in [1.54, 1.807) is 0 Å². The topological polar surface area (TPSA) is 38.9 Å². The molecular weight excluding hydrogens is 265 g/mol. The van der Waals surface area contributed by atoms with Crippen LogP contribution in [0.3, 0.4) is 0 Å². The molecule has 0 saturated carbocycles. The van der Waals surface area contributed by atoms with Crippen molar-refractivity contribution in [3.8, 4) is 0 Å². The van der Waals surface area contributed by atoms with Gasteiger partial charge < -0.3 is 5.73 Å². The van der Waals surface area contributed by atoms with Crippen LogP contribution < -0.4 is 5.73 Å². The lowest BCUT2D eigenvalue weighted by Gasteiger charge is -2.08. The summed E-state index contributed by atoms with van der Waals surface area (Å²) in [5.74, 6) is 0.0780. The van der Waals surface area contributed by atoms with Gasteiger partial charge in [-0.15, -0.1) is 11.6 Å². The molecule has 0 spiro atoms. The number of nitrogens with zero attached hydrogens (tertiary/aromatic N) is 1. The second-order valence-electron chi connectivity index (χ2n) is 2.33. The van der Waals surface area contributed by atoms with E-state index in [1.165, 1.54) is 6.20 Å². The van der Waals surface area contributed by atoms with E-state index in [-0.39, 0.29) is 16.0 Å². The van der Waals surface area contributed by atoms with Crippen molar-refractivity contribution in [1.29, 1.82) is 0 Å². The normalized spacial score (nSPS) is 10.8. The van der Waals surface area contributed by atoms with Crippen molar-refractivity contribution >= 4 is 33.2 Å². The third-order valence-electron chi connectivity index (χ3n) is 1.52. The number of halogens is 4. The highest BCUT2D eigenvalue weighted by atomic mass is 79.9. The molecule has 0 saturated heterocycles. The van der Waals surface area contributed by atoms with Crippen molar-refractivity contribution in [2.24, 2.45) is 0 Å². The van der Waals surface area contributed by atoms with Crippen molar-refractivity contribution in [3.05, 3.63) is 21.9 Å². The summed E-state index contributed by atoms with van der Waals surface area (Å²) in [6, 6.07) is 0. The van der Waals surface area contributed by atoms with E-state index in [0.29, 0.717) is 11.3 Å². The summed E-state index contributed by atoms with van der Waals surface area (Å²) in [7, 11) is 0. The minimum atomic E-state index is -2.63. The van der Waals surface area contributed by atoms with Gasteiger partial charge in [-0.3, -0.25) is 4.98 Å². The Morgan fingerprint density at radius 3 is 2.69 bits per heavy atom. The number of hydrogen-bond acceptors (Lipinski definition) is 2. The number of anilines is 1. The first-order valence-electron chi connectivity index (χ1n) is 3.34. The Balaban J connectivity index is 3.27. The van der Waals surface area contributed by atoms with Crippen LogP contribution in [0.2, 0.25) is 0 Å². The highest BCUT2D eigenvalue weighted by molar-refractivity contribution is 9.10. The van der Waals surface area contributed by atoms with Gasteiger partial charge in [0.15, 0.2) is 0 Å². The van der Waals surface area contributed by atoms with Gasteiger partial charge >= 0.3 is 0 Å². The van der Waals surface area contributed by atoms with Gasteiger partial charge in [0, 0.05) is 5.56 Å². The van der Waals surface area contributed by atoms with E-state index in [9.17, 15) is 8.78 Å². The molecule has 0 bridgehead atoms. The van der Waals surface area contributed by atoms with E-state index in [0.717, 1.165) is 0 Å². The Kier molecular flexibility index (Phi) is 3.44. The number of alkyl halides is 3. The van der Waals surface area contributed by atoms with Gasteiger partial charge in [-0.1, -0.05) is 0 Å². The summed E-state index contributed by atoms with van der Waals surface area (Å²) in [5.41, 5.74) is 5.91. The van der Waals surface area contributed by atoms with E-state index in [4.69, 9.17) is 17.3 Å². The summed E-state index contributed by atoms with van der Waals surface area (Å²) in [6.07, 6.45) is -1.44. The molecule has 72 valence electrons. The molecule has 0 aliphatic heterocycles. The molecule has 0 aromatic carbocycles. The zero-order valence-electron chi connectivity index (χ0n) is 6.40. The SMILES string of the molecule is Nc1cnc(C(F)F)c(Br)c1CCl. The molecule has 1 rings (SSSR count). The first-order chi connectivity index (χ1) is 6.07. The molecular formula is C7H6BrClF2N2. The first-order valence-corrected chi connectivity index (χ1v) is 4.67. The van der Waals surface area contributed by atoms with Crippen molar-refractivity contribution in [2.75, 3.05) is 5.73 Å². The fraction of sp³-hybridized carbons (Fsp3) is 0.286. The molecule has 2 N–H and O–H groups in total. The standard InChI is InChI=1S/C7H6BrClF2N2/c8-5-3(1-9)4(12)2-13-6(5)7(10)11/h2,7H,1,12H2. The van der Waals surface area contributed by atoms with Crippen LogP contribution in [-0.4, -0.2) is 4.98 Å². The van der Waals surface area contributed by atoms with Gasteiger partial charge in [0.1, 0.15) is 5.69 Å². The Morgan fingerprint density at radius 1 is 1.62 bits per heavy atom. The van der Waals surface area contributed by atoms with Crippen LogP contribution in [0.5, 0.6) is 0 Å². The van der Waals surface area contributed by atoms with Crippen LogP contribution in [0.1, 0.15) is 17.7 Å². The fourth-order valence-corrected chi connectivity index (χ4v) is 1.94. The molecule has 13 heavy (non-hydrogen) atoms. The third-order valence-corrected chi connectivity index (χ3v) is 2.67. The van der Waals surface area contributed by atoms with Crippen LogP contribution in [0, 0.1) is 0 Å². The van der Waals surface area contributed by atoms with Crippen molar-refractivity contribution in [1.82, 2.24) is 4.98 Å². The quantitative estimate of drug-likeness (QED) is 0.840. The maximum absolute atomic E-state index is 12.3. The Bertz CT molecular complexity index is 320. The van der Waals surface area contributed by atoms with Gasteiger partial charge in [0.2, 0.25) is 0 Å².